The molecule has 20 heavy (non-hydrogen) atoms. The highest BCUT2D eigenvalue weighted by molar-refractivity contribution is 5.98. The third-order valence-corrected chi connectivity index (χ3v) is 4.28. The van der Waals surface area contributed by atoms with E-state index >= 15 is 0 Å². The van der Waals surface area contributed by atoms with Gasteiger partial charge in [-0.1, -0.05) is 6.42 Å². The Morgan fingerprint density at radius 2 is 2.25 bits per heavy atom. The van der Waals surface area contributed by atoms with Gasteiger partial charge in [0.15, 0.2) is 0 Å². The van der Waals surface area contributed by atoms with Crippen LogP contribution in [0.15, 0.2) is 18.2 Å². The van der Waals surface area contributed by atoms with Gasteiger partial charge >= 0.3 is 0 Å². The zero-order valence-corrected chi connectivity index (χ0v) is 12.0. The van der Waals surface area contributed by atoms with Gasteiger partial charge in [-0.25, -0.2) is 0 Å². The molecule has 0 saturated carbocycles. The van der Waals surface area contributed by atoms with E-state index < -0.39 is 0 Å². The minimum atomic E-state index is -0.00296. The summed E-state index contributed by atoms with van der Waals surface area (Å²) >= 11 is 0. The van der Waals surface area contributed by atoms with Crippen molar-refractivity contribution >= 4 is 11.6 Å². The molecule has 1 N–H and O–H groups in total. The van der Waals surface area contributed by atoms with Crippen molar-refractivity contribution in [1.82, 2.24) is 5.32 Å². The molecule has 1 amide bonds. The lowest BCUT2D eigenvalue weighted by molar-refractivity contribution is -0.121. The molecule has 1 atom stereocenters. The van der Waals surface area contributed by atoms with Crippen LogP contribution in [0.25, 0.3) is 0 Å². The first-order valence-corrected chi connectivity index (χ1v) is 7.51. The number of anilines is 1. The average Bonchev–Trinajstić information content (AvgIpc) is 2.54. The first-order chi connectivity index (χ1) is 9.79. The van der Waals surface area contributed by atoms with E-state index in [4.69, 9.17) is 4.74 Å². The highest BCUT2D eigenvalue weighted by Gasteiger charge is 2.29. The zero-order valence-electron chi connectivity index (χ0n) is 12.0. The summed E-state index contributed by atoms with van der Waals surface area (Å²) in [4.78, 5) is 14.7. The maximum absolute atomic E-state index is 12.7. The van der Waals surface area contributed by atoms with Gasteiger partial charge in [0.25, 0.3) is 0 Å². The molecule has 1 aromatic carbocycles. The zero-order chi connectivity index (χ0) is 13.9. The van der Waals surface area contributed by atoms with Crippen LogP contribution in [0.3, 0.4) is 0 Å². The summed E-state index contributed by atoms with van der Waals surface area (Å²) in [7, 11) is 1.68. The van der Waals surface area contributed by atoms with Gasteiger partial charge in [-0.15, -0.1) is 0 Å². The molecule has 3 rings (SSSR count). The van der Waals surface area contributed by atoms with Crippen LogP contribution in [0.1, 0.15) is 31.2 Å². The number of rotatable bonds is 2. The smallest absolute Gasteiger partial charge is 0.244 e. The molecule has 4 heteroatoms. The quantitative estimate of drug-likeness (QED) is 0.898. The van der Waals surface area contributed by atoms with Crippen LogP contribution in [-0.2, 0) is 11.2 Å². The molecule has 0 aliphatic carbocycles. The topological polar surface area (TPSA) is 41.6 Å². The molecular formula is C16H22N2O2. The number of carbonyl (C=O) groups is 1. The Morgan fingerprint density at radius 3 is 3.00 bits per heavy atom. The van der Waals surface area contributed by atoms with Crippen LogP contribution in [0.4, 0.5) is 5.69 Å². The average molecular weight is 274 g/mol. The van der Waals surface area contributed by atoms with E-state index in [0.29, 0.717) is 0 Å². The van der Waals surface area contributed by atoms with E-state index in [9.17, 15) is 4.79 Å². The number of aryl methyl sites for hydroxylation is 1. The van der Waals surface area contributed by atoms with Crippen LogP contribution in [0, 0.1) is 0 Å². The Labute approximate surface area is 120 Å². The normalized spacial score (nSPS) is 22.2. The summed E-state index contributed by atoms with van der Waals surface area (Å²) in [6.07, 6.45) is 5.33. The molecule has 0 bridgehead atoms. The van der Waals surface area contributed by atoms with Gasteiger partial charge in [0.1, 0.15) is 5.75 Å². The van der Waals surface area contributed by atoms with E-state index in [2.05, 4.69) is 11.4 Å². The summed E-state index contributed by atoms with van der Waals surface area (Å²) < 4.78 is 5.28. The predicted molar refractivity (Wildman–Crippen MR) is 79.3 cm³/mol. The third-order valence-electron chi connectivity index (χ3n) is 4.28. The number of nitrogens with one attached hydrogen (secondary N) is 1. The molecule has 1 unspecified atom stereocenters. The number of nitrogens with zero attached hydrogens (tertiary/aromatic N) is 1. The van der Waals surface area contributed by atoms with Crippen molar-refractivity contribution in [2.24, 2.45) is 0 Å². The fourth-order valence-corrected chi connectivity index (χ4v) is 3.18. The number of amides is 1. The summed E-state index contributed by atoms with van der Waals surface area (Å²) in [5.41, 5.74) is 2.29. The summed E-state index contributed by atoms with van der Waals surface area (Å²) in [5, 5.41) is 3.35. The van der Waals surface area contributed by atoms with Gasteiger partial charge in [-0.2, -0.15) is 0 Å². The third kappa shape index (κ3) is 2.52. The van der Waals surface area contributed by atoms with Crippen LogP contribution < -0.4 is 15.0 Å². The number of hydrogen-bond acceptors (Lipinski definition) is 3. The van der Waals surface area contributed by atoms with Crippen molar-refractivity contribution in [1.29, 1.82) is 0 Å². The molecule has 2 aliphatic heterocycles. The Hall–Kier alpha value is -1.55. The second-order valence-electron chi connectivity index (χ2n) is 5.59. The van der Waals surface area contributed by atoms with Crippen molar-refractivity contribution in [2.75, 3.05) is 25.1 Å². The SMILES string of the molecule is COc1ccc2c(c1)CCCN2C(=O)C1CCCCN1. The van der Waals surface area contributed by atoms with Gasteiger partial charge in [-0.05, 0) is 56.0 Å². The molecule has 0 aromatic heterocycles. The van der Waals surface area contributed by atoms with Crippen LogP contribution in [0.2, 0.25) is 0 Å². The van der Waals surface area contributed by atoms with Crippen molar-refractivity contribution < 1.29 is 9.53 Å². The lowest BCUT2D eigenvalue weighted by atomic mass is 9.98. The number of ether oxygens (including phenoxy) is 1. The largest absolute Gasteiger partial charge is 0.497 e. The van der Waals surface area contributed by atoms with E-state index in [1.54, 1.807) is 7.11 Å². The molecule has 1 fully saturated rings. The minimum Gasteiger partial charge on any atom is -0.497 e. The number of carbonyl (C=O) groups excluding carboxylic acids is 1. The van der Waals surface area contributed by atoms with Gasteiger partial charge in [0.2, 0.25) is 5.91 Å². The van der Waals surface area contributed by atoms with Gasteiger partial charge < -0.3 is 15.0 Å². The van der Waals surface area contributed by atoms with Crippen LogP contribution in [0.5, 0.6) is 5.75 Å². The van der Waals surface area contributed by atoms with Crippen molar-refractivity contribution in [3.63, 3.8) is 0 Å². The van der Waals surface area contributed by atoms with E-state index in [1.165, 1.54) is 12.0 Å². The molecule has 108 valence electrons. The molecule has 1 aromatic rings. The first kappa shape index (κ1) is 13.4. The van der Waals surface area contributed by atoms with Crippen LogP contribution >= 0.6 is 0 Å². The first-order valence-electron chi connectivity index (χ1n) is 7.51. The van der Waals surface area contributed by atoms with Crippen molar-refractivity contribution in [3.05, 3.63) is 23.8 Å². The van der Waals surface area contributed by atoms with E-state index in [0.717, 1.165) is 50.2 Å². The van der Waals surface area contributed by atoms with Crippen molar-refractivity contribution in [2.45, 2.75) is 38.1 Å². The summed E-state index contributed by atoms with van der Waals surface area (Å²) in [5.74, 6) is 1.10. The van der Waals surface area contributed by atoms with Gasteiger partial charge in [0, 0.05) is 12.2 Å². The molecule has 2 heterocycles. The Morgan fingerprint density at radius 1 is 1.35 bits per heavy atom. The number of piperidine rings is 1. The molecule has 0 radical (unpaired) electrons. The number of fused-ring (bicyclic) bond motifs is 1. The number of hydrogen-bond donors (Lipinski definition) is 1. The Kier molecular flexibility index (Phi) is 3.92. The number of benzene rings is 1. The summed E-state index contributed by atoms with van der Waals surface area (Å²) in [6.45, 7) is 1.79. The van der Waals surface area contributed by atoms with E-state index in [1.807, 2.05) is 17.0 Å². The monoisotopic (exact) mass is 274 g/mol. The highest BCUT2D eigenvalue weighted by atomic mass is 16.5. The maximum atomic E-state index is 12.7. The summed E-state index contributed by atoms with van der Waals surface area (Å²) in [6, 6.07) is 6.02. The molecule has 0 spiro atoms. The minimum absolute atomic E-state index is 0.00296. The fourth-order valence-electron chi connectivity index (χ4n) is 3.18. The standard InChI is InChI=1S/C16H22N2O2/c1-20-13-7-8-15-12(11-13)5-4-10-18(15)16(19)14-6-2-3-9-17-14/h7-8,11,14,17H,2-6,9-10H2,1H3. The van der Waals surface area contributed by atoms with Crippen molar-refractivity contribution in [3.8, 4) is 5.75 Å². The van der Waals surface area contributed by atoms with Gasteiger partial charge in [-0.3, -0.25) is 4.79 Å². The van der Waals surface area contributed by atoms with Gasteiger partial charge in [0.05, 0.1) is 13.2 Å². The Balaban J connectivity index is 1.83. The number of methoxy groups -OCH3 is 1. The van der Waals surface area contributed by atoms with Crippen LogP contribution in [-0.4, -0.2) is 32.1 Å². The predicted octanol–water partition coefficient (Wildman–Crippen LogP) is 2.12. The second kappa shape index (κ2) is 5.83. The molecule has 4 nitrogen and oxygen atoms in total. The highest BCUT2D eigenvalue weighted by Crippen LogP contribution is 2.31. The fraction of sp³-hybridized carbons (Fsp3) is 0.562. The lowest BCUT2D eigenvalue weighted by Crippen LogP contribution is -2.50. The second-order valence-corrected chi connectivity index (χ2v) is 5.59. The van der Waals surface area contributed by atoms with E-state index in [-0.39, 0.29) is 11.9 Å². The molecular weight excluding hydrogens is 252 g/mol. The lowest BCUT2D eigenvalue weighted by Gasteiger charge is -2.34. The molecule has 1 saturated heterocycles. The Bertz CT molecular complexity index is 495. The maximum Gasteiger partial charge on any atom is 0.244 e. The molecule has 2 aliphatic rings.